The summed E-state index contributed by atoms with van der Waals surface area (Å²) in [5, 5.41) is 10.4. The van der Waals surface area contributed by atoms with E-state index in [9.17, 15) is 5.11 Å². The van der Waals surface area contributed by atoms with Gasteiger partial charge in [0.2, 0.25) is 5.72 Å². The van der Waals surface area contributed by atoms with E-state index in [1.807, 2.05) is 60.7 Å². The van der Waals surface area contributed by atoms with Gasteiger partial charge in [-0.25, -0.2) is 0 Å². The second-order valence-electron chi connectivity index (χ2n) is 4.12. The molecule has 0 aliphatic carbocycles. The minimum atomic E-state index is -0.789. The van der Waals surface area contributed by atoms with Gasteiger partial charge in [0.1, 0.15) is 6.10 Å². The van der Waals surface area contributed by atoms with Crippen molar-refractivity contribution < 1.29 is 9.94 Å². The standard InChI is InChI=1S/C14H13NO2/c16-13(11-7-3-1-4-8-11)14(15-17-14)12-9-5-2-6-10-12/h1-10,13,15-16H. The molecule has 0 radical (unpaired) electrons. The van der Waals surface area contributed by atoms with Crippen LogP contribution in [0.15, 0.2) is 60.7 Å². The molecule has 0 aromatic heterocycles. The third-order valence-corrected chi connectivity index (χ3v) is 3.02. The van der Waals surface area contributed by atoms with Gasteiger partial charge >= 0.3 is 0 Å². The Balaban J connectivity index is 1.95. The summed E-state index contributed by atoms with van der Waals surface area (Å²) in [4.78, 5) is 5.30. The molecule has 1 fully saturated rings. The molecule has 3 heteroatoms. The molecule has 2 unspecified atom stereocenters. The van der Waals surface area contributed by atoms with Crippen molar-refractivity contribution in [1.29, 1.82) is 0 Å². The Hall–Kier alpha value is -1.68. The van der Waals surface area contributed by atoms with E-state index in [1.165, 1.54) is 0 Å². The highest BCUT2D eigenvalue weighted by atomic mass is 16.8. The first-order valence-electron chi connectivity index (χ1n) is 5.57. The van der Waals surface area contributed by atoms with E-state index in [2.05, 4.69) is 5.48 Å². The number of hydroxylamine groups is 1. The van der Waals surface area contributed by atoms with Crippen LogP contribution in [0, 0.1) is 0 Å². The van der Waals surface area contributed by atoms with Crippen molar-refractivity contribution in [2.75, 3.05) is 0 Å². The molecular formula is C14H13NO2. The smallest absolute Gasteiger partial charge is 0.217 e. The third-order valence-electron chi connectivity index (χ3n) is 3.02. The number of benzene rings is 2. The van der Waals surface area contributed by atoms with E-state index in [0.717, 1.165) is 11.1 Å². The Morgan fingerprint density at radius 3 is 2.00 bits per heavy atom. The van der Waals surface area contributed by atoms with E-state index >= 15 is 0 Å². The Morgan fingerprint density at radius 1 is 0.941 bits per heavy atom. The van der Waals surface area contributed by atoms with Crippen LogP contribution in [0.5, 0.6) is 0 Å². The van der Waals surface area contributed by atoms with Gasteiger partial charge in [-0.2, -0.15) is 5.48 Å². The Bertz CT molecular complexity index is 494. The van der Waals surface area contributed by atoms with Crippen LogP contribution in [-0.4, -0.2) is 5.11 Å². The number of hydrogen-bond donors (Lipinski definition) is 2. The van der Waals surface area contributed by atoms with Crippen LogP contribution in [0.25, 0.3) is 0 Å². The molecule has 2 aromatic carbocycles. The largest absolute Gasteiger partial charge is 0.383 e. The third kappa shape index (κ3) is 1.74. The van der Waals surface area contributed by atoms with Gasteiger partial charge in [0.15, 0.2) is 0 Å². The summed E-state index contributed by atoms with van der Waals surface area (Å²) in [6.07, 6.45) is -0.717. The van der Waals surface area contributed by atoms with Crippen LogP contribution in [0.2, 0.25) is 0 Å². The zero-order valence-electron chi connectivity index (χ0n) is 9.21. The number of nitrogens with one attached hydrogen (secondary N) is 1. The van der Waals surface area contributed by atoms with Crippen LogP contribution < -0.4 is 5.48 Å². The van der Waals surface area contributed by atoms with E-state index < -0.39 is 11.8 Å². The van der Waals surface area contributed by atoms with E-state index in [0.29, 0.717) is 0 Å². The fourth-order valence-electron chi connectivity index (χ4n) is 2.00. The van der Waals surface area contributed by atoms with Gasteiger partial charge < -0.3 is 5.11 Å². The minimum Gasteiger partial charge on any atom is -0.383 e. The average Bonchev–Trinajstić information content (AvgIpc) is 3.21. The monoisotopic (exact) mass is 227 g/mol. The highest BCUT2D eigenvalue weighted by molar-refractivity contribution is 5.31. The van der Waals surface area contributed by atoms with Crippen molar-refractivity contribution >= 4 is 0 Å². The molecule has 1 saturated heterocycles. The maximum absolute atomic E-state index is 10.4. The maximum Gasteiger partial charge on any atom is 0.217 e. The maximum atomic E-state index is 10.4. The molecule has 0 spiro atoms. The van der Waals surface area contributed by atoms with Crippen molar-refractivity contribution in [3.8, 4) is 0 Å². The SMILES string of the molecule is OC(c1ccccc1)C1(c2ccccc2)NO1. The lowest BCUT2D eigenvalue weighted by Gasteiger charge is -2.17. The van der Waals surface area contributed by atoms with Gasteiger partial charge in [-0.1, -0.05) is 60.7 Å². The van der Waals surface area contributed by atoms with Crippen LogP contribution in [0.4, 0.5) is 0 Å². The second kappa shape index (κ2) is 3.96. The zero-order valence-corrected chi connectivity index (χ0v) is 9.21. The first kappa shape index (κ1) is 10.5. The number of aliphatic hydroxyl groups is 1. The van der Waals surface area contributed by atoms with Crippen molar-refractivity contribution in [3.05, 3.63) is 71.8 Å². The summed E-state index contributed by atoms with van der Waals surface area (Å²) in [5.74, 6) is 0. The fourth-order valence-corrected chi connectivity index (χ4v) is 2.00. The molecule has 17 heavy (non-hydrogen) atoms. The van der Waals surface area contributed by atoms with Crippen LogP contribution in [0.3, 0.4) is 0 Å². The van der Waals surface area contributed by atoms with E-state index in [4.69, 9.17) is 4.84 Å². The highest BCUT2D eigenvalue weighted by Crippen LogP contribution is 2.43. The fraction of sp³-hybridized carbons (Fsp3) is 0.143. The quantitative estimate of drug-likeness (QED) is 0.789. The molecule has 1 aliphatic rings. The van der Waals surface area contributed by atoms with Gasteiger partial charge in [0.05, 0.1) is 0 Å². The van der Waals surface area contributed by atoms with Gasteiger partial charge in [-0.15, -0.1) is 0 Å². The number of rotatable bonds is 3. The van der Waals surface area contributed by atoms with Gasteiger partial charge in [-0.05, 0) is 5.56 Å². The number of aliphatic hydroxyl groups excluding tert-OH is 1. The predicted octanol–water partition coefficient (Wildman–Crippen LogP) is 2.11. The van der Waals surface area contributed by atoms with Crippen molar-refractivity contribution in [2.45, 2.75) is 11.8 Å². The molecular weight excluding hydrogens is 214 g/mol. The molecule has 2 aromatic rings. The molecule has 3 nitrogen and oxygen atoms in total. The van der Waals surface area contributed by atoms with Crippen LogP contribution >= 0.6 is 0 Å². The summed E-state index contributed by atoms with van der Waals surface area (Å²) >= 11 is 0. The lowest BCUT2D eigenvalue weighted by Crippen LogP contribution is -2.23. The molecule has 0 amide bonds. The first-order valence-corrected chi connectivity index (χ1v) is 5.57. The highest BCUT2D eigenvalue weighted by Gasteiger charge is 2.53. The molecule has 0 saturated carbocycles. The van der Waals surface area contributed by atoms with Crippen LogP contribution in [0.1, 0.15) is 17.2 Å². The zero-order chi connectivity index (χ0) is 11.7. The predicted molar refractivity (Wildman–Crippen MR) is 63.7 cm³/mol. The topological polar surface area (TPSA) is 54.7 Å². The average molecular weight is 227 g/mol. The first-order chi connectivity index (χ1) is 8.33. The van der Waals surface area contributed by atoms with Crippen LogP contribution in [-0.2, 0) is 10.6 Å². The summed E-state index contributed by atoms with van der Waals surface area (Å²) in [5.41, 5.74) is 3.79. The van der Waals surface area contributed by atoms with E-state index in [-0.39, 0.29) is 0 Å². The second-order valence-corrected chi connectivity index (χ2v) is 4.12. The van der Waals surface area contributed by atoms with Crippen molar-refractivity contribution in [1.82, 2.24) is 5.48 Å². The van der Waals surface area contributed by atoms with Gasteiger partial charge in [0, 0.05) is 5.56 Å². The molecule has 2 N–H and O–H groups in total. The Morgan fingerprint density at radius 2 is 1.47 bits per heavy atom. The molecule has 1 heterocycles. The minimum absolute atomic E-state index is 0.717. The molecule has 0 bridgehead atoms. The lowest BCUT2D eigenvalue weighted by molar-refractivity contribution is 0.0730. The lowest BCUT2D eigenvalue weighted by atomic mass is 9.94. The van der Waals surface area contributed by atoms with E-state index in [1.54, 1.807) is 0 Å². The molecule has 86 valence electrons. The normalized spacial score (nSPS) is 24.3. The summed E-state index contributed by atoms with van der Waals surface area (Å²) in [6.45, 7) is 0. The van der Waals surface area contributed by atoms with Crippen molar-refractivity contribution in [3.63, 3.8) is 0 Å². The molecule has 2 atom stereocenters. The van der Waals surface area contributed by atoms with Gasteiger partial charge in [0.25, 0.3) is 0 Å². The summed E-state index contributed by atoms with van der Waals surface area (Å²) in [7, 11) is 0. The Labute approximate surface area is 99.6 Å². The summed E-state index contributed by atoms with van der Waals surface area (Å²) < 4.78 is 0. The Kier molecular flexibility index (Phi) is 2.44. The molecule has 1 aliphatic heterocycles. The number of hydrogen-bond acceptors (Lipinski definition) is 3. The van der Waals surface area contributed by atoms with Gasteiger partial charge in [-0.3, -0.25) is 4.84 Å². The molecule has 3 rings (SSSR count). The van der Waals surface area contributed by atoms with Crippen molar-refractivity contribution in [2.24, 2.45) is 0 Å². The summed E-state index contributed by atoms with van der Waals surface area (Å²) in [6, 6.07) is 19.2.